The Bertz CT molecular complexity index is 1150. The van der Waals surface area contributed by atoms with Crippen LogP contribution in [0.2, 0.25) is 0 Å². The van der Waals surface area contributed by atoms with E-state index in [1.165, 1.54) is 12.1 Å². The minimum Gasteiger partial charge on any atom is -0.353 e. The largest absolute Gasteiger partial charge is 0.353 e. The van der Waals surface area contributed by atoms with Gasteiger partial charge in [-0.25, -0.2) is 19.3 Å². The Balaban J connectivity index is 1.66. The molecule has 1 aliphatic rings. The number of nitrogens with one attached hydrogen (secondary N) is 2. The van der Waals surface area contributed by atoms with E-state index >= 15 is 0 Å². The van der Waals surface area contributed by atoms with Crippen molar-refractivity contribution in [2.75, 3.05) is 32.2 Å². The first kappa shape index (κ1) is 23.8. The van der Waals surface area contributed by atoms with Gasteiger partial charge in [0.05, 0.1) is 35.7 Å². The van der Waals surface area contributed by atoms with E-state index < -0.39 is 11.7 Å². The number of imidazole rings is 1. The summed E-state index contributed by atoms with van der Waals surface area (Å²) in [6.07, 6.45) is 0.877. The summed E-state index contributed by atoms with van der Waals surface area (Å²) in [5, 5.41) is 2.91. The highest BCUT2D eigenvalue weighted by molar-refractivity contribution is 5.83. The van der Waals surface area contributed by atoms with Crippen molar-refractivity contribution in [1.29, 1.82) is 0 Å². The molecule has 0 unspecified atom stereocenters. The van der Waals surface area contributed by atoms with Crippen LogP contribution in [-0.4, -0.2) is 59.2 Å². The topological polar surface area (TPSA) is 105 Å². The van der Waals surface area contributed by atoms with Crippen molar-refractivity contribution < 1.29 is 18.7 Å². The van der Waals surface area contributed by atoms with Gasteiger partial charge in [-0.15, -0.1) is 0 Å². The molecule has 180 valence electrons. The number of rotatable bonds is 6. The van der Waals surface area contributed by atoms with Gasteiger partial charge in [-0.3, -0.25) is 4.79 Å². The van der Waals surface area contributed by atoms with Crippen LogP contribution in [0.4, 0.5) is 10.3 Å². The summed E-state index contributed by atoms with van der Waals surface area (Å²) >= 11 is 0. The number of carbonyl (C=O) groups excluding carboxylic acids is 1. The average Bonchev–Trinajstić information content (AvgIpc) is 3.25. The molecule has 3 heterocycles. The van der Waals surface area contributed by atoms with E-state index in [9.17, 15) is 9.18 Å². The van der Waals surface area contributed by atoms with Crippen LogP contribution >= 0.6 is 0 Å². The Labute approximate surface area is 197 Å². The normalized spacial score (nSPS) is 20.4. The first-order valence-corrected chi connectivity index (χ1v) is 11.1. The first-order chi connectivity index (χ1) is 16.2. The fraction of sp³-hybridized carbons (Fsp3) is 0.417. The lowest BCUT2D eigenvalue weighted by Gasteiger charge is -2.35. The number of aromatic amines is 1. The molecular weight excluding hydrogens is 439 g/mol. The Hall–Kier alpha value is -3.37. The van der Waals surface area contributed by atoms with Gasteiger partial charge in [-0.05, 0) is 51.1 Å². The molecule has 0 saturated carbocycles. The summed E-state index contributed by atoms with van der Waals surface area (Å²) in [6.45, 7) is 5.98. The first-order valence-electron chi connectivity index (χ1n) is 11.1. The molecule has 0 bridgehead atoms. The molecular formula is C24H29FN6O3. The lowest BCUT2D eigenvalue weighted by atomic mass is 9.90. The highest BCUT2D eigenvalue weighted by atomic mass is 19.1. The van der Waals surface area contributed by atoms with Gasteiger partial charge >= 0.3 is 0 Å². The number of anilines is 1. The van der Waals surface area contributed by atoms with Crippen molar-refractivity contribution in [3.8, 4) is 22.6 Å². The van der Waals surface area contributed by atoms with Crippen molar-refractivity contribution in [3.05, 3.63) is 48.2 Å². The molecule has 3 aromatic rings. The van der Waals surface area contributed by atoms with E-state index in [4.69, 9.17) is 14.5 Å². The molecule has 1 aromatic carbocycles. The van der Waals surface area contributed by atoms with E-state index in [1.807, 2.05) is 34.9 Å². The number of H-pyrrole nitrogens is 1. The lowest BCUT2D eigenvalue weighted by Crippen LogP contribution is -2.50. The third-order valence-corrected chi connectivity index (χ3v) is 5.44. The number of aromatic nitrogens is 4. The van der Waals surface area contributed by atoms with Crippen LogP contribution < -0.4 is 10.2 Å². The molecule has 0 spiro atoms. The van der Waals surface area contributed by atoms with Gasteiger partial charge in [0, 0.05) is 31.9 Å². The second-order valence-corrected chi connectivity index (χ2v) is 9.13. The smallest absolute Gasteiger partial charge is 0.230 e. The summed E-state index contributed by atoms with van der Waals surface area (Å²) in [4.78, 5) is 31.3. The van der Waals surface area contributed by atoms with Crippen LogP contribution in [0, 0.1) is 11.2 Å². The Morgan fingerprint density at radius 1 is 1.18 bits per heavy atom. The Kier molecular flexibility index (Phi) is 6.63. The second-order valence-electron chi connectivity index (χ2n) is 9.13. The summed E-state index contributed by atoms with van der Waals surface area (Å²) in [5.74, 6) is 0.516. The number of carbonyl (C=O) groups is 1. The fourth-order valence-electron chi connectivity index (χ4n) is 3.54. The third-order valence-electron chi connectivity index (χ3n) is 5.44. The van der Waals surface area contributed by atoms with Gasteiger partial charge in [0.15, 0.2) is 5.82 Å². The van der Waals surface area contributed by atoms with Gasteiger partial charge in [-0.2, -0.15) is 0 Å². The number of benzene rings is 1. The summed E-state index contributed by atoms with van der Waals surface area (Å²) < 4.78 is 25.4. The predicted octanol–water partition coefficient (Wildman–Crippen LogP) is 3.32. The van der Waals surface area contributed by atoms with Crippen molar-refractivity contribution in [2.45, 2.75) is 33.1 Å². The van der Waals surface area contributed by atoms with Crippen LogP contribution in [0.1, 0.15) is 32.9 Å². The molecule has 0 radical (unpaired) electrons. The van der Waals surface area contributed by atoms with Gasteiger partial charge < -0.3 is 24.7 Å². The zero-order chi connectivity index (χ0) is 24.5. The maximum atomic E-state index is 13.6. The molecule has 0 aliphatic carbocycles. The molecule has 0 atom stereocenters. The van der Waals surface area contributed by atoms with Crippen molar-refractivity contribution >= 4 is 11.9 Å². The molecule has 10 heteroatoms. The Morgan fingerprint density at radius 2 is 1.85 bits per heavy atom. The molecule has 1 fully saturated rings. The predicted molar refractivity (Wildman–Crippen MR) is 125 cm³/mol. The molecule has 2 N–H and O–H groups in total. The maximum absolute atomic E-state index is 13.6. The van der Waals surface area contributed by atoms with Crippen LogP contribution in [0.3, 0.4) is 0 Å². The van der Waals surface area contributed by atoms with Crippen molar-refractivity contribution in [3.63, 3.8) is 0 Å². The number of ether oxygens (including phenoxy) is 2. The van der Waals surface area contributed by atoms with E-state index in [1.54, 1.807) is 29.3 Å². The number of nitrogens with zero attached hydrogens (tertiary/aromatic N) is 4. The highest BCUT2D eigenvalue weighted by Crippen LogP contribution is 2.35. The molecule has 1 amide bonds. The number of amides is 1. The van der Waals surface area contributed by atoms with Gasteiger partial charge in [0.25, 0.3) is 0 Å². The van der Waals surface area contributed by atoms with E-state index in [0.29, 0.717) is 34.4 Å². The van der Waals surface area contributed by atoms with E-state index in [2.05, 4.69) is 20.3 Å². The molecule has 1 saturated heterocycles. The maximum Gasteiger partial charge on any atom is 0.230 e. The zero-order valence-electron chi connectivity index (χ0n) is 19.9. The molecule has 34 heavy (non-hydrogen) atoms. The number of hydrogen-bond acceptors (Lipinski definition) is 7. The third kappa shape index (κ3) is 4.92. The molecule has 2 aromatic heterocycles. The SMILES string of the molecule is CC(C)NC(=O)C1(C)COC(c2nc(-c3ccc(F)cc3)c(-c3ccnc(N(C)C)n3)[nH]2)OC1. The monoisotopic (exact) mass is 468 g/mol. The van der Waals surface area contributed by atoms with Gasteiger partial charge in [0.2, 0.25) is 18.1 Å². The van der Waals surface area contributed by atoms with Crippen LogP contribution in [-0.2, 0) is 14.3 Å². The van der Waals surface area contributed by atoms with Crippen molar-refractivity contribution in [2.24, 2.45) is 5.41 Å². The van der Waals surface area contributed by atoms with Gasteiger partial charge in [0.1, 0.15) is 5.82 Å². The van der Waals surface area contributed by atoms with Crippen LogP contribution in [0.25, 0.3) is 22.6 Å². The summed E-state index contributed by atoms with van der Waals surface area (Å²) in [6, 6.07) is 7.86. The van der Waals surface area contributed by atoms with Crippen LogP contribution in [0.15, 0.2) is 36.5 Å². The molecule has 9 nitrogen and oxygen atoms in total. The van der Waals surface area contributed by atoms with E-state index in [-0.39, 0.29) is 31.0 Å². The summed E-state index contributed by atoms with van der Waals surface area (Å²) in [5.41, 5.74) is 1.74. The summed E-state index contributed by atoms with van der Waals surface area (Å²) in [7, 11) is 3.71. The van der Waals surface area contributed by atoms with Gasteiger partial charge in [-0.1, -0.05) is 0 Å². The Morgan fingerprint density at radius 3 is 2.47 bits per heavy atom. The highest BCUT2D eigenvalue weighted by Gasteiger charge is 2.41. The minimum absolute atomic E-state index is 0.0212. The minimum atomic E-state index is -0.802. The van der Waals surface area contributed by atoms with Crippen molar-refractivity contribution in [1.82, 2.24) is 25.3 Å². The average molecular weight is 469 g/mol. The fourth-order valence-corrected chi connectivity index (χ4v) is 3.54. The lowest BCUT2D eigenvalue weighted by molar-refractivity contribution is -0.231. The molecule has 4 rings (SSSR count). The standard InChI is InChI=1S/C24H29FN6O3/c1-14(2)27-22(32)24(3)12-33-21(34-13-24)20-29-18(15-6-8-16(25)9-7-15)19(30-20)17-10-11-26-23(28-17)31(4)5/h6-11,14,21H,12-13H2,1-5H3,(H,27,32)(H,29,30). The van der Waals surface area contributed by atoms with E-state index in [0.717, 1.165) is 0 Å². The zero-order valence-corrected chi connectivity index (χ0v) is 19.9. The second kappa shape index (κ2) is 9.47. The number of hydrogen-bond donors (Lipinski definition) is 2. The molecule has 1 aliphatic heterocycles. The quantitative estimate of drug-likeness (QED) is 0.572. The van der Waals surface area contributed by atoms with Crippen LogP contribution in [0.5, 0.6) is 0 Å². The number of halogens is 1.